The van der Waals surface area contributed by atoms with Gasteiger partial charge < -0.3 is 10.1 Å². The summed E-state index contributed by atoms with van der Waals surface area (Å²) in [6.07, 6.45) is 0. The largest absolute Gasteiger partial charge is 0.480 e. The van der Waals surface area contributed by atoms with E-state index in [-0.39, 0.29) is 0 Å². The molecule has 5 nitrogen and oxygen atoms in total. The van der Waals surface area contributed by atoms with Crippen molar-refractivity contribution in [1.29, 1.82) is 0 Å². The molecule has 1 aromatic carbocycles. The molecule has 1 atom stereocenters. The van der Waals surface area contributed by atoms with Crippen molar-refractivity contribution in [2.45, 2.75) is 19.9 Å². The van der Waals surface area contributed by atoms with Crippen LogP contribution in [0.2, 0.25) is 0 Å². The van der Waals surface area contributed by atoms with Crippen molar-refractivity contribution >= 4 is 17.0 Å². The number of aromatic nitrogens is 2. The first-order chi connectivity index (χ1) is 7.50. The van der Waals surface area contributed by atoms with E-state index in [4.69, 9.17) is 5.11 Å². The zero-order chi connectivity index (χ0) is 11.9. The quantitative estimate of drug-likeness (QED) is 0.800. The predicted molar refractivity (Wildman–Crippen MR) is 59.6 cm³/mol. The van der Waals surface area contributed by atoms with E-state index in [1.165, 1.54) is 11.5 Å². The van der Waals surface area contributed by atoms with Crippen molar-refractivity contribution < 1.29 is 9.90 Å². The number of imidazole rings is 1. The van der Waals surface area contributed by atoms with Gasteiger partial charge in [0.2, 0.25) is 0 Å². The summed E-state index contributed by atoms with van der Waals surface area (Å²) in [6.45, 7) is 3.38. The summed E-state index contributed by atoms with van der Waals surface area (Å²) in [6, 6.07) is 4.57. The highest BCUT2D eigenvalue weighted by Crippen LogP contribution is 2.16. The molecule has 5 heteroatoms. The van der Waals surface area contributed by atoms with Crippen LogP contribution in [0.4, 0.5) is 0 Å². The van der Waals surface area contributed by atoms with Crippen LogP contribution in [0.1, 0.15) is 18.5 Å². The van der Waals surface area contributed by atoms with Gasteiger partial charge in [0, 0.05) is 0 Å². The Balaban J connectivity index is 2.77. The summed E-state index contributed by atoms with van der Waals surface area (Å²) in [5.74, 6) is -1.02. The Hall–Kier alpha value is -2.04. The average molecular weight is 220 g/mol. The van der Waals surface area contributed by atoms with Crippen molar-refractivity contribution in [3.63, 3.8) is 0 Å². The maximum atomic E-state index is 11.6. The van der Waals surface area contributed by atoms with Crippen LogP contribution < -0.4 is 5.69 Å². The zero-order valence-electron chi connectivity index (χ0n) is 9.02. The number of carboxylic acids is 1. The number of nitrogens with zero attached hydrogens (tertiary/aromatic N) is 1. The van der Waals surface area contributed by atoms with Gasteiger partial charge in [0.1, 0.15) is 6.04 Å². The molecule has 0 bridgehead atoms. The van der Waals surface area contributed by atoms with Crippen LogP contribution in [0.25, 0.3) is 11.0 Å². The minimum atomic E-state index is -1.02. The molecular formula is C11H12N2O3. The van der Waals surface area contributed by atoms with Gasteiger partial charge in [0.15, 0.2) is 0 Å². The highest BCUT2D eigenvalue weighted by molar-refractivity contribution is 5.79. The maximum absolute atomic E-state index is 11.6. The Morgan fingerprint density at radius 1 is 1.50 bits per heavy atom. The summed E-state index contributed by atoms with van der Waals surface area (Å²) >= 11 is 0. The first-order valence-electron chi connectivity index (χ1n) is 4.94. The number of H-pyrrole nitrogens is 1. The maximum Gasteiger partial charge on any atom is 0.327 e. The Kier molecular flexibility index (Phi) is 2.30. The Bertz CT molecular complexity index is 609. The third kappa shape index (κ3) is 1.50. The standard InChI is InChI=1S/C11H12N2O3/c1-6-3-4-8-9(5-6)13(11(16)12-8)7(2)10(14)15/h3-5,7H,1-2H3,(H,12,16)(H,14,15). The van der Waals surface area contributed by atoms with E-state index in [0.29, 0.717) is 11.0 Å². The number of fused-ring (bicyclic) bond motifs is 1. The number of hydrogen-bond donors (Lipinski definition) is 2. The monoisotopic (exact) mass is 220 g/mol. The van der Waals surface area contributed by atoms with Gasteiger partial charge in [-0.3, -0.25) is 4.57 Å². The lowest BCUT2D eigenvalue weighted by atomic mass is 10.2. The molecule has 2 rings (SSSR count). The molecule has 16 heavy (non-hydrogen) atoms. The van der Waals surface area contributed by atoms with E-state index < -0.39 is 17.7 Å². The normalized spacial score (nSPS) is 12.9. The number of rotatable bonds is 2. The van der Waals surface area contributed by atoms with Gasteiger partial charge in [-0.2, -0.15) is 0 Å². The SMILES string of the molecule is Cc1ccc2[nH]c(=O)n(C(C)C(=O)O)c2c1. The lowest BCUT2D eigenvalue weighted by Crippen LogP contribution is -2.25. The number of carboxylic acid groups (broad SMARTS) is 1. The molecule has 0 aliphatic heterocycles. The molecule has 2 aromatic rings. The smallest absolute Gasteiger partial charge is 0.327 e. The molecule has 0 aliphatic carbocycles. The molecule has 0 saturated heterocycles. The van der Waals surface area contributed by atoms with Crippen LogP contribution in [0, 0.1) is 6.92 Å². The first kappa shape index (κ1) is 10.5. The summed E-state index contributed by atoms with van der Waals surface area (Å²) in [5.41, 5.74) is 1.87. The second-order valence-corrected chi connectivity index (χ2v) is 3.83. The Labute approximate surface area is 91.3 Å². The number of carbonyl (C=O) groups is 1. The first-order valence-corrected chi connectivity index (χ1v) is 4.94. The predicted octanol–water partition coefficient (Wildman–Crippen LogP) is 1.28. The second kappa shape index (κ2) is 3.52. The van der Waals surface area contributed by atoms with Crippen LogP contribution in [0.15, 0.2) is 23.0 Å². The number of nitrogens with one attached hydrogen (secondary N) is 1. The molecule has 0 amide bonds. The van der Waals surface area contributed by atoms with Gasteiger partial charge in [0.25, 0.3) is 0 Å². The van der Waals surface area contributed by atoms with Gasteiger partial charge in [-0.15, -0.1) is 0 Å². The van der Waals surface area contributed by atoms with Crippen LogP contribution in [0.3, 0.4) is 0 Å². The molecule has 84 valence electrons. The number of benzene rings is 1. The van der Waals surface area contributed by atoms with E-state index in [2.05, 4.69) is 4.98 Å². The van der Waals surface area contributed by atoms with Gasteiger partial charge in [-0.1, -0.05) is 6.07 Å². The number of hydrogen-bond acceptors (Lipinski definition) is 2. The zero-order valence-corrected chi connectivity index (χ0v) is 9.02. The molecule has 0 radical (unpaired) electrons. The van der Waals surface area contributed by atoms with Gasteiger partial charge in [-0.25, -0.2) is 9.59 Å². The Morgan fingerprint density at radius 2 is 2.19 bits per heavy atom. The molecule has 0 fully saturated rings. The summed E-state index contributed by atoms with van der Waals surface area (Å²) in [5, 5.41) is 8.93. The van der Waals surface area contributed by atoms with Crippen LogP contribution >= 0.6 is 0 Å². The summed E-state index contributed by atoms with van der Waals surface area (Å²) in [4.78, 5) is 25.2. The third-order valence-electron chi connectivity index (χ3n) is 2.62. The van der Waals surface area contributed by atoms with Crippen LogP contribution in [-0.2, 0) is 4.79 Å². The summed E-state index contributed by atoms with van der Waals surface area (Å²) < 4.78 is 1.25. The number of aryl methyl sites for hydroxylation is 1. The van der Waals surface area contributed by atoms with Crippen molar-refractivity contribution in [2.24, 2.45) is 0 Å². The molecule has 1 unspecified atom stereocenters. The number of aromatic amines is 1. The number of aliphatic carboxylic acids is 1. The van der Waals surface area contributed by atoms with Crippen molar-refractivity contribution in [2.75, 3.05) is 0 Å². The fourth-order valence-corrected chi connectivity index (χ4v) is 1.73. The topological polar surface area (TPSA) is 75.1 Å². The fraction of sp³-hybridized carbons (Fsp3) is 0.273. The molecular weight excluding hydrogens is 208 g/mol. The van der Waals surface area contributed by atoms with E-state index >= 15 is 0 Å². The van der Waals surface area contributed by atoms with Crippen LogP contribution in [-0.4, -0.2) is 20.6 Å². The van der Waals surface area contributed by atoms with E-state index in [1.54, 1.807) is 12.1 Å². The molecule has 1 heterocycles. The highest BCUT2D eigenvalue weighted by atomic mass is 16.4. The fourth-order valence-electron chi connectivity index (χ4n) is 1.73. The second-order valence-electron chi connectivity index (χ2n) is 3.83. The van der Waals surface area contributed by atoms with Crippen molar-refractivity contribution in [3.8, 4) is 0 Å². The molecule has 2 N–H and O–H groups in total. The Morgan fingerprint density at radius 3 is 2.81 bits per heavy atom. The van der Waals surface area contributed by atoms with E-state index in [9.17, 15) is 9.59 Å². The van der Waals surface area contributed by atoms with Gasteiger partial charge in [0.05, 0.1) is 11.0 Å². The summed E-state index contributed by atoms with van der Waals surface area (Å²) in [7, 11) is 0. The van der Waals surface area contributed by atoms with Crippen molar-refractivity contribution in [3.05, 3.63) is 34.2 Å². The minimum absolute atomic E-state index is 0.393. The lowest BCUT2D eigenvalue weighted by Gasteiger charge is -2.08. The molecule has 0 spiro atoms. The van der Waals surface area contributed by atoms with E-state index in [0.717, 1.165) is 5.56 Å². The highest BCUT2D eigenvalue weighted by Gasteiger charge is 2.18. The molecule has 1 aromatic heterocycles. The molecule has 0 aliphatic rings. The van der Waals surface area contributed by atoms with Gasteiger partial charge in [-0.05, 0) is 31.5 Å². The minimum Gasteiger partial charge on any atom is -0.480 e. The van der Waals surface area contributed by atoms with Crippen LogP contribution in [0.5, 0.6) is 0 Å². The van der Waals surface area contributed by atoms with Gasteiger partial charge >= 0.3 is 11.7 Å². The molecule has 0 saturated carbocycles. The lowest BCUT2D eigenvalue weighted by molar-refractivity contribution is -0.140. The van der Waals surface area contributed by atoms with Crippen molar-refractivity contribution in [1.82, 2.24) is 9.55 Å². The van der Waals surface area contributed by atoms with E-state index in [1.807, 2.05) is 13.0 Å². The third-order valence-corrected chi connectivity index (χ3v) is 2.62. The average Bonchev–Trinajstić information content (AvgIpc) is 2.52.